The second kappa shape index (κ2) is 5.68. The molecule has 0 saturated carbocycles. The van der Waals surface area contributed by atoms with Gasteiger partial charge in [0, 0.05) is 5.33 Å². The molecule has 13 heavy (non-hydrogen) atoms. The summed E-state index contributed by atoms with van der Waals surface area (Å²) >= 11 is 3.25. The van der Waals surface area contributed by atoms with E-state index in [0.717, 1.165) is 5.33 Å². The summed E-state index contributed by atoms with van der Waals surface area (Å²) in [4.78, 5) is 0. The molecule has 0 amide bonds. The molecule has 0 radical (unpaired) electrons. The molecule has 1 heterocycles. The summed E-state index contributed by atoms with van der Waals surface area (Å²) in [5.41, 5.74) is 0. The monoisotopic (exact) mass is 281 g/mol. The summed E-state index contributed by atoms with van der Waals surface area (Å²) in [6.45, 7) is 11.9. The van der Waals surface area contributed by atoms with E-state index in [-0.39, 0.29) is 0 Å². The van der Waals surface area contributed by atoms with Gasteiger partial charge in [-0.1, -0.05) is 49.0 Å². The Labute approximate surface area is 94.0 Å². The van der Waals surface area contributed by atoms with E-state index in [1.807, 2.05) is 0 Å². The van der Waals surface area contributed by atoms with Gasteiger partial charge >= 0.3 is 0 Å². The fourth-order valence-corrected chi connectivity index (χ4v) is 15.0. The van der Waals surface area contributed by atoms with E-state index in [9.17, 15) is 0 Å². The van der Waals surface area contributed by atoms with Gasteiger partial charge < -0.3 is 4.65 Å². The zero-order chi connectivity index (χ0) is 10.5. The van der Waals surface area contributed by atoms with Gasteiger partial charge in [-0.3, -0.25) is 0 Å². The van der Waals surface area contributed by atoms with Crippen LogP contribution >= 0.6 is 15.9 Å². The van der Waals surface area contributed by atoms with E-state index in [1.54, 1.807) is 0 Å². The van der Waals surface area contributed by atoms with E-state index in [2.05, 4.69) is 53.7 Å². The second-order valence-electron chi connectivity index (χ2n) is 5.08. The Morgan fingerprint density at radius 3 is 1.46 bits per heavy atom. The van der Waals surface area contributed by atoms with Crippen LogP contribution in [0.4, 0.5) is 0 Å². The summed E-state index contributed by atoms with van der Waals surface area (Å²) in [7, 11) is -1.73. The van der Waals surface area contributed by atoms with Gasteiger partial charge in [0.15, 0.2) is 0 Å². The zero-order valence-electron chi connectivity index (χ0n) is 9.71. The minimum atomic E-state index is -0.864. The highest BCUT2D eigenvalue weighted by Gasteiger charge is 2.38. The van der Waals surface area contributed by atoms with Crippen LogP contribution in [-0.2, 0) is 0 Å². The van der Waals surface area contributed by atoms with Crippen molar-refractivity contribution in [1.29, 1.82) is 0 Å². The van der Waals surface area contributed by atoms with Crippen molar-refractivity contribution < 1.29 is 0 Å². The van der Waals surface area contributed by atoms with Gasteiger partial charge in [0.25, 0.3) is 0 Å². The molecule has 0 bridgehead atoms. The van der Waals surface area contributed by atoms with E-state index < -0.39 is 16.5 Å². The van der Waals surface area contributed by atoms with Crippen LogP contribution < -0.4 is 4.65 Å². The topological polar surface area (TPSA) is 12.0 Å². The summed E-state index contributed by atoms with van der Waals surface area (Å²) < 4.78 is 3.85. The number of rotatable bonds is 1. The third-order valence-electron chi connectivity index (χ3n) is 2.24. The van der Waals surface area contributed by atoms with Crippen molar-refractivity contribution in [3.63, 3.8) is 0 Å². The van der Waals surface area contributed by atoms with Crippen LogP contribution in [0.2, 0.25) is 38.3 Å². The van der Waals surface area contributed by atoms with Gasteiger partial charge in [0.2, 0.25) is 0 Å². The van der Waals surface area contributed by atoms with Crippen LogP contribution in [0.1, 0.15) is 13.3 Å². The molecule has 0 aromatic rings. The molecule has 0 aromatic heterocycles. The summed E-state index contributed by atoms with van der Waals surface area (Å²) in [5, 5.41) is 1.13. The first-order valence-corrected chi connectivity index (χ1v) is 12.7. The Morgan fingerprint density at radius 1 is 1.08 bits per heavy atom. The lowest BCUT2D eigenvalue weighted by atomic mass is 10.6. The molecule has 1 aliphatic heterocycles. The number of hydrogen-bond acceptors (Lipinski definition) is 1. The number of nitrogens with one attached hydrogen (secondary N) is 1. The van der Waals surface area contributed by atoms with Crippen molar-refractivity contribution in [3.8, 4) is 0 Å². The van der Waals surface area contributed by atoms with Crippen LogP contribution in [0.25, 0.3) is 0 Å². The highest BCUT2D eigenvalue weighted by Crippen LogP contribution is 2.25. The lowest BCUT2D eigenvalue weighted by Crippen LogP contribution is -2.50. The molecule has 4 heteroatoms. The molecule has 0 unspecified atom stereocenters. The smallest absolute Gasteiger partial charge is 0.112 e. The van der Waals surface area contributed by atoms with Crippen LogP contribution in [0.5, 0.6) is 0 Å². The summed E-state index contributed by atoms with van der Waals surface area (Å²) in [6, 6.07) is 3.01. The number of alkyl halides is 1. The molecule has 1 N–H and O–H groups in total. The first kappa shape index (κ1) is 13.9. The largest absolute Gasteiger partial charge is 0.359 e. The van der Waals surface area contributed by atoms with Gasteiger partial charge in [0.1, 0.15) is 16.5 Å². The molecular formula is C9H24BrNSi2. The van der Waals surface area contributed by atoms with E-state index in [1.165, 1.54) is 18.5 Å². The lowest BCUT2D eigenvalue weighted by Gasteiger charge is -2.21. The van der Waals surface area contributed by atoms with Crippen LogP contribution in [-0.4, -0.2) is 21.8 Å². The molecule has 0 aromatic carbocycles. The molecular weight excluding hydrogens is 258 g/mol. The van der Waals surface area contributed by atoms with Crippen molar-refractivity contribution in [1.82, 2.24) is 4.65 Å². The molecule has 80 valence electrons. The van der Waals surface area contributed by atoms with E-state index >= 15 is 0 Å². The van der Waals surface area contributed by atoms with Crippen molar-refractivity contribution in [2.75, 3.05) is 5.33 Å². The minimum Gasteiger partial charge on any atom is -0.359 e. The van der Waals surface area contributed by atoms with E-state index in [0.29, 0.717) is 0 Å². The highest BCUT2D eigenvalue weighted by atomic mass is 79.9. The molecule has 0 atom stereocenters. The van der Waals surface area contributed by atoms with E-state index in [4.69, 9.17) is 0 Å². The standard InChI is InChI=1S/C6H17NSi2.C3H7Br/c1-8(2)5-6-9(3,4)7-8;1-2-3-4/h7H,5-6H2,1-4H3;2-3H2,1H3. The fourth-order valence-electron chi connectivity index (χ4n) is 1.67. The Morgan fingerprint density at radius 2 is 1.38 bits per heavy atom. The van der Waals surface area contributed by atoms with Gasteiger partial charge in [-0.25, -0.2) is 0 Å². The third-order valence-corrected chi connectivity index (χ3v) is 11.9. The number of hydrogen-bond donors (Lipinski definition) is 1. The molecule has 1 rings (SSSR count). The third kappa shape index (κ3) is 6.88. The van der Waals surface area contributed by atoms with Crippen LogP contribution in [0.15, 0.2) is 0 Å². The normalized spacial score (nSPS) is 23.5. The predicted octanol–water partition coefficient (Wildman–Crippen LogP) is 3.79. The SMILES string of the molecule is CCCBr.C[Si]1(C)CC[Si](C)(C)N1. The van der Waals surface area contributed by atoms with Crippen LogP contribution in [0, 0.1) is 0 Å². The molecule has 0 spiro atoms. The van der Waals surface area contributed by atoms with Crippen molar-refractivity contribution in [3.05, 3.63) is 0 Å². The maximum absolute atomic E-state index is 3.85. The number of halogens is 1. The van der Waals surface area contributed by atoms with Gasteiger partial charge in [0.05, 0.1) is 0 Å². The first-order valence-electron chi connectivity index (χ1n) is 5.18. The van der Waals surface area contributed by atoms with Crippen LogP contribution in [0.3, 0.4) is 0 Å². The Kier molecular flexibility index (Phi) is 6.06. The first-order chi connectivity index (χ1) is 5.83. The molecule has 0 aliphatic carbocycles. The molecule has 1 nitrogen and oxygen atoms in total. The van der Waals surface area contributed by atoms with Gasteiger partial charge in [-0.05, 0) is 18.5 Å². The summed E-state index contributed by atoms with van der Waals surface area (Å²) in [5.74, 6) is 0. The van der Waals surface area contributed by atoms with Gasteiger partial charge in [-0.2, -0.15) is 0 Å². The van der Waals surface area contributed by atoms with Crippen molar-refractivity contribution in [2.45, 2.75) is 51.6 Å². The predicted molar refractivity (Wildman–Crippen MR) is 71.8 cm³/mol. The summed E-state index contributed by atoms with van der Waals surface area (Å²) in [6.07, 6.45) is 1.24. The second-order valence-corrected chi connectivity index (χ2v) is 15.4. The maximum Gasteiger partial charge on any atom is 0.112 e. The average Bonchev–Trinajstić information content (AvgIpc) is 2.24. The molecule has 1 aliphatic rings. The minimum absolute atomic E-state index is 0.864. The van der Waals surface area contributed by atoms with Crippen molar-refractivity contribution >= 4 is 32.4 Å². The average molecular weight is 282 g/mol. The van der Waals surface area contributed by atoms with Crippen molar-refractivity contribution in [2.24, 2.45) is 0 Å². The maximum atomic E-state index is 3.85. The Balaban J connectivity index is 0.000000310. The molecule has 1 fully saturated rings. The molecule has 1 saturated heterocycles. The zero-order valence-corrected chi connectivity index (χ0v) is 13.3. The van der Waals surface area contributed by atoms with Gasteiger partial charge in [-0.15, -0.1) is 0 Å². The quantitative estimate of drug-likeness (QED) is 0.570. The highest BCUT2D eigenvalue weighted by molar-refractivity contribution is 9.09. The Bertz CT molecular complexity index is 133. The lowest BCUT2D eigenvalue weighted by molar-refractivity contribution is 1.12. The Hall–Kier alpha value is 0.874. The fraction of sp³-hybridized carbons (Fsp3) is 1.00.